The minimum Gasteiger partial charge on any atom is -0.322 e. The molecule has 3 aliphatic rings. The first-order valence-electron chi connectivity index (χ1n) is 9.65. The van der Waals surface area contributed by atoms with Gasteiger partial charge in [0.25, 0.3) is 23.6 Å². The third kappa shape index (κ3) is 2.57. The SMILES string of the molecule is O=C1CCC(N2Cc3ccccc3C2=O)C(=O)N1CN1C(=O)c2ccccc2C1=O. The van der Waals surface area contributed by atoms with Crippen molar-refractivity contribution < 1.29 is 24.0 Å². The number of fused-ring (bicyclic) bond motifs is 2. The number of nitrogens with zero attached hydrogens (tertiary/aromatic N) is 3. The maximum atomic E-state index is 13.2. The molecule has 5 amide bonds. The summed E-state index contributed by atoms with van der Waals surface area (Å²) in [4.78, 5) is 67.0. The maximum Gasteiger partial charge on any atom is 0.263 e. The number of hydrogen-bond acceptors (Lipinski definition) is 5. The van der Waals surface area contributed by atoms with Gasteiger partial charge in [-0.25, -0.2) is 0 Å². The standard InChI is InChI=1S/C22H17N3O5/c26-18-10-9-17(23-11-13-5-1-2-6-14(13)19(23)27)22(30)24(18)12-25-20(28)15-7-3-4-8-16(15)21(25)29/h1-8,17H,9-12H2. The van der Waals surface area contributed by atoms with Gasteiger partial charge in [0.2, 0.25) is 5.91 Å². The molecule has 5 rings (SSSR count). The van der Waals surface area contributed by atoms with Crippen LogP contribution in [0.15, 0.2) is 48.5 Å². The van der Waals surface area contributed by atoms with Crippen LogP contribution in [0.4, 0.5) is 0 Å². The Kier molecular flexibility index (Phi) is 4.02. The first-order chi connectivity index (χ1) is 14.5. The highest BCUT2D eigenvalue weighted by molar-refractivity contribution is 6.21. The van der Waals surface area contributed by atoms with E-state index in [-0.39, 0.29) is 29.9 Å². The topological polar surface area (TPSA) is 95.1 Å². The normalized spacial score (nSPS) is 20.9. The van der Waals surface area contributed by atoms with Crippen LogP contribution in [0.2, 0.25) is 0 Å². The highest BCUT2D eigenvalue weighted by Gasteiger charge is 2.45. The predicted octanol–water partition coefficient (Wildman–Crippen LogP) is 1.41. The number of piperidine rings is 1. The van der Waals surface area contributed by atoms with Crippen molar-refractivity contribution in [2.24, 2.45) is 0 Å². The Morgan fingerprint density at radius 2 is 1.33 bits per heavy atom. The molecule has 30 heavy (non-hydrogen) atoms. The molecule has 2 aromatic rings. The van der Waals surface area contributed by atoms with Crippen molar-refractivity contribution in [2.45, 2.75) is 25.4 Å². The van der Waals surface area contributed by atoms with Gasteiger partial charge in [0, 0.05) is 18.5 Å². The molecular weight excluding hydrogens is 386 g/mol. The van der Waals surface area contributed by atoms with E-state index in [1.54, 1.807) is 36.4 Å². The zero-order valence-electron chi connectivity index (χ0n) is 15.9. The second kappa shape index (κ2) is 6.62. The Hall–Kier alpha value is -3.81. The van der Waals surface area contributed by atoms with Crippen molar-refractivity contribution in [2.75, 3.05) is 6.67 Å². The summed E-state index contributed by atoms with van der Waals surface area (Å²) in [6.45, 7) is -0.157. The molecule has 0 spiro atoms. The lowest BCUT2D eigenvalue weighted by Crippen LogP contribution is -2.57. The molecule has 1 unspecified atom stereocenters. The van der Waals surface area contributed by atoms with Crippen LogP contribution in [0.5, 0.6) is 0 Å². The Morgan fingerprint density at radius 3 is 1.97 bits per heavy atom. The molecule has 0 aromatic heterocycles. The molecular formula is C22H17N3O5. The average molecular weight is 403 g/mol. The van der Waals surface area contributed by atoms with Gasteiger partial charge in [-0.15, -0.1) is 0 Å². The van der Waals surface area contributed by atoms with Crippen LogP contribution in [0, 0.1) is 0 Å². The molecule has 8 heteroatoms. The van der Waals surface area contributed by atoms with E-state index in [4.69, 9.17) is 0 Å². The Balaban J connectivity index is 1.39. The first kappa shape index (κ1) is 18.2. The van der Waals surface area contributed by atoms with Crippen molar-refractivity contribution >= 4 is 29.5 Å². The summed E-state index contributed by atoms with van der Waals surface area (Å²) in [7, 11) is 0. The average Bonchev–Trinajstić information content (AvgIpc) is 3.21. The Morgan fingerprint density at radius 1 is 0.733 bits per heavy atom. The van der Waals surface area contributed by atoms with Crippen LogP contribution in [0.1, 0.15) is 49.5 Å². The number of hydrogen-bond donors (Lipinski definition) is 0. The van der Waals surface area contributed by atoms with Crippen molar-refractivity contribution in [3.63, 3.8) is 0 Å². The van der Waals surface area contributed by atoms with Gasteiger partial charge < -0.3 is 4.90 Å². The van der Waals surface area contributed by atoms with Crippen LogP contribution in [-0.2, 0) is 16.1 Å². The van der Waals surface area contributed by atoms with Gasteiger partial charge in [-0.05, 0) is 30.2 Å². The largest absolute Gasteiger partial charge is 0.322 e. The fourth-order valence-corrected chi connectivity index (χ4v) is 4.30. The molecule has 0 bridgehead atoms. The highest BCUT2D eigenvalue weighted by Crippen LogP contribution is 2.30. The van der Waals surface area contributed by atoms with E-state index in [9.17, 15) is 24.0 Å². The van der Waals surface area contributed by atoms with Crippen molar-refractivity contribution in [3.8, 4) is 0 Å². The Labute approximate surface area is 171 Å². The molecule has 3 aliphatic heterocycles. The number of amides is 5. The molecule has 0 radical (unpaired) electrons. The smallest absolute Gasteiger partial charge is 0.263 e. The van der Waals surface area contributed by atoms with Crippen molar-refractivity contribution in [1.82, 2.24) is 14.7 Å². The van der Waals surface area contributed by atoms with E-state index < -0.39 is 36.3 Å². The summed E-state index contributed by atoms with van der Waals surface area (Å²) in [5.41, 5.74) is 1.88. The Bertz CT molecular complexity index is 1110. The van der Waals surface area contributed by atoms with Gasteiger partial charge in [-0.1, -0.05) is 30.3 Å². The van der Waals surface area contributed by atoms with E-state index in [2.05, 4.69) is 0 Å². The number of benzene rings is 2. The molecule has 0 aliphatic carbocycles. The summed E-state index contributed by atoms with van der Waals surface area (Å²) in [5.74, 6) is -2.36. The molecule has 3 heterocycles. The van der Waals surface area contributed by atoms with Crippen LogP contribution in [0.3, 0.4) is 0 Å². The van der Waals surface area contributed by atoms with Gasteiger partial charge in [-0.2, -0.15) is 0 Å². The van der Waals surface area contributed by atoms with E-state index in [1.807, 2.05) is 12.1 Å². The molecule has 0 saturated carbocycles. The molecule has 1 fully saturated rings. The summed E-state index contributed by atoms with van der Waals surface area (Å²) in [5, 5.41) is 0. The van der Waals surface area contributed by atoms with Crippen LogP contribution < -0.4 is 0 Å². The summed E-state index contributed by atoms with van der Waals surface area (Å²) in [6, 6.07) is 12.7. The van der Waals surface area contributed by atoms with E-state index in [0.29, 0.717) is 12.1 Å². The first-order valence-corrected chi connectivity index (χ1v) is 9.65. The van der Waals surface area contributed by atoms with Gasteiger partial charge >= 0.3 is 0 Å². The van der Waals surface area contributed by atoms with Gasteiger partial charge in [0.15, 0.2) is 0 Å². The number of carbonyl (C=O) groups is 5. The predicted molar refractivity (Wildman–Crippen MR) is 103 cm³/mol. The second-order valence-corrected chi connectivity index (χ2v) is 7.53. The highest BCUT2D eigenvalue weighted by atomic mass is 16.2. The lowest BCUT2D eigenvalue weighted by atomic mass is 10.0. The fraction of sp³-hybridized carbons (Fsp3) is 0.227. The van der Waals surface area contributed by atoms with Crippen LogP contribution >= 0.6 is 0 Å². The summed E-state index contributed by atoms with van der Waals surface area (Å²) < 4.78 is 0. The second-order valence-electron chi connectivity index (χ2n) is 7.53. The van der Waals surface area contributed by atoms with E-state index >= 15 is 0 Å². The monoisotopic (exact) mass is 403 g/mol. The third-order valence-corrected chi connectivity index (χ3v) is 5.87. The number of imide groups is 2. The lowest BCUT2D eigenvalue weighted by molar-refractivity contribution is -0.153. The van der Waals surface area contributed by atoms with Gasteiger partial charge in [0.1, 0.15) is 12.7 Å². The fourth-order valence-electron chi connectivity index (χ4n) is 4.30. The minimum atomic E-state index is -0.808. The van der Waals surface area contributed by atoms with E-state index in [0.717, 1.165) is 15.4 Å². The van der Waals surface area contributed by atoms with Gasteiger partial charge in [-0.3, -0.25) is 33.8 Å². The van der Waals surface area contributed by atoms with Gasteiger partial charge in [0.05, 0.1) is 11.1 Å². The lowest BCUT2D eigenvalue weighted by Gasteiger charge is -2.36. The zero-order valence-corrected chi connectivity index (χ0v) is 15.9. The third-order valence-electron chi connectivity index (χ3n) is 5.87. The molecule has 2 aromatic carbocycles. The zero-order chi connectivity index (χ0) is 21.0. The summed E-state index contributed by atoms with van der Waals surface area (Å²) >= 11 is 0. The van der Waals surface area contributed by atoms with Crippen LogP contribution in [0.25, 0.3) is 0 Å². The van der Waals surface area contributed by atoms with E-state index in [1.165, 1.54) is 4.90 Å². The molecule has 150 valence electrons. The summed E-state index contributed by atoms with van der Waals surface area (Å²) in [6.07, 6.45) is 0.274. The number of carbonyl (C=O) groups excluding carboxylic acids is 5. The maximum absolute atomic E-state index is 13.2. The van der Waals surface area contributed by atoms with Crippen molar-refractivity contribution in [1.29, 1.82) is 0 Å². The quantitative estimate of drug-likeness (QED) is 0.723. The van der Waals surface area contributed by atoms with Crippen molar-refractivity contribution in [3.05, 3.63) is 70.8 Å². The minimum absolute atomic E-state index is 0.0553. The number of rotatable bonds is 3. The molecule has 1 atom stereocenters. The molecule has 8 nitrogen and oxygen atoms in total. The molecule has 1 saturated heterocycles. The van der Waals surface area contributed by atoms with Crippen LogP contribution in [-0.4, -0.2) is 56.9 Å². The molecule has 0 N–H and O–H groups in total. The number of likely N-dealkylation sites (tertiary alicyclic amines) is 1.